The number of aromatic nitrogens is 1. The number of aromatic carboxylic acids is 1. The Kier molecular flexibility index (Phi) is 9.71. The smallest absolute Gasteiger partial charge is 0.338 e. The molecule has 5 rings (SSSR count). The van der Waals surface area contributed by atoms with E-state index in [0.717, 1.165) is 37.1 Å². The van der Waals surface area contributed by atoms with E-state index >= 15 is 0 Å². The highest BCUT2D eigenvalue weighted by Gasteiger charge is 2.22. The van der Waals surface area contributed by atoms with E-state index in [0.29, 0.717) is 40.6 Å². The second kappa shape index (κ2) is 13.7. The molecule has 0 radical (unpaired) electrons. The quantitative estimate of drug-likeness (QED) is 0.145. The molecule has 1 fully saturated rings. The first-order chi connectivity index (χ1) is 21.6. The lowest BCUT2D eigenvalue weighted by molar-refractivity contribution is 0.0698. The first kappa shape index (κ1) is 31.9. The van der Waals surface area contributed by atoms with Crippen molar-refractivity contribution < 1.29 is 37.6 Å². The summed E-state index contributed by atoms with van der Waals surface area (Å²) >= 11 is 0. The molecule has 4 aromatic rings. The van der Waals surface area contributed by atoms with Gasteiger partial charge in [-0.2, -0.15) is 0 Å². The Balaban J connectivity index is 1.07. The first-order valence-corrected chi connectivity index (χ1v) is 16.1. The zero-order chi connectivity index (χ0) is 32.1. The maximum atomic E-state index is 12.9. The number of methoxy groups -OCH3 is 2. The van der Waals surface area contributed by atoms with Gasteiger partial charge in [0.05, 0.1) is 24.7 Å². The van der Waals surface area contributed by atoms with Gasteiger partial charge in [-0.25, -0.2) is 13.2 Å². The molecule has 12 nitrogen and oxygen atoms in total. The van der Waals surface area contributed by atoms with Crippen LogP contribution in [0.15, 0.2) is 65.6 Å². The van der Waals surface area contributed by atoms with Gasteiger partial charge in [-0.1, -0.05) is 0 Å². The third kappa shape index (κ3) is 7.44. The van der Waals surface area contributed by atoms with Gasteiger partial charge in [-0.15, -0.1) is 0 Å². The van der Waals surface area contributed by atoms with Crippen LogP contribution in [0.3, 0.4) is 0 Å². The minimum absolute atomic E-state index is 0.0677. The second-order valence-corrected chi connectivity index (χ2v) is 12.6. The van der Waals surface area contributed by atoms with Crippen molar-refractivity contribution in [3.63, 3.8) is 0 Å². The van der Waals surface area contributed by atoms with E-state index in [-0.39, 0.29) is 23.1 Å². The monoisotopic (exact) mass is 638 g/mol. The van der Waals surface area contributed by atoms with Crippen molar-refractivity contribution >= 4 is 38.3 Å². The van der Waals surface area contributed by atoms with Crippen LogP contribution >= 0.6 is 0 Å². The number of hydrogen-bond donors (Lipinski definition) is 5. The van der Waals surface area contributed by atoms with Gasteiger partial charge in [0.15, 0.2) is 11.5 Å². The van der Waals surface area contributed by atoms with Crippen LogP contribution in [0.25, 0.3) is 10.9 Å². The average Bonchev–Trinajstić information content (AvgIpc) is 3.38. The predicted molar refractivity (Wildman–Crippen MR) is 172 cm³/mol. The molecule has 1 saturated heterocycles. The number of rotatable bonds is 13. The number of piperidine rings is 1. The Morgan fingerprint density at radius 2 is 1.73 bits per heavy atom. The Labute approximate surface area is 262 Å². The van der Waals surface area contributed by atoms with Gasteiger partial charge in [-0.05, 0) is 74.4 Å². The summed E-state index contributed by atoms with van der Waals surface area (Å²) in [6, 6.07) is 17.1. The molecule has 0 amide bonds. The lowest BCUT2D eigenvalue weighted by Gasteiger charge is -2.34. The van der Waals surface area contributed by atoms with E-state index in [1.54, 1.807) is 43.3 Å². The fourth-order valence-electron chi connectivity index (χ4n) is 5.51. The van der Waals surface area contributed by atoms with E-state index in [2.05, 4.69) is 19.9 Å². The molecule has 0 aliphatic carbocycles. The summed E-state index contributed by atoms with van der Waals surface area (Å²) in [7, 11) is -0.881. The number of ether oxygens (including phenoxy) is 3. The molecular weight excluding hydrogens is 600 g/mol. The van der Waals surface area contributed by atoms with Crippen LogP contribution in [0.5, 0.6) is 17.2 Å². The van der Waals surface area contributed by atoms with Crippen molar-refractivity contribution in [2.75, 3.05) is 50.1 Å². The summed E-state index contributed by atoms with van der Waals surface area (Å²) in [4.78, 5) is 17.0. The van der Waals surface area contributed by atoms with Crippen LogP contribution in [0.1, 0.15) is 28.9 Å². The van der Waals surface area contributed by atoms with Crippen LogP contribution in [-0.2, 0) is 10.0 Å². The highest BCUT2D eigenvalue weighted by Crippen LogP contribution is 2.31. The zero-order valence-corrected chi connectivity index (χ0v) is 26.2. The number of aliphatic hydroxyl groups is 1. The van der Waals surface area contributed by atoms with Gasteiger partial charge in [0.25, 0.3) is 10.0 Å². The minimum atomic E-state index is -3.82. The number of aliphatic hydroxyl groups excluding tert-OH is 1. The first-order valence-electron chi connectivity index (χ1n) is 14.6. The average molecular weight is 639 g/mol. The fourth-order valence-corrected chi connectivity index (χ4v) is 6.58. The standard InChI is InChI=1S/C32H38N4O8S/c1-20-31(32(38)39)27-16-25(8-10-28(27)34-20)44-19-24(37)18-33-21-12-14-36(15-13-21)23-6-4-22(5-7-23)35-45(40,41)26-9-11-29(42-2)30(17-26)43-3/h4-11,16-17,21,24,33-35,37H,12-15,18-19H2,1-3H3,(H,38,39)/t24-/m0/s1. The van der Waals surface area contributed by atoms with Crippen molar-refractivity contribution in [2.24, 2.45) is 0 Å². The SMILES string of the molecule is COc1ccc(S(=O)(=O)Nc2ccc(N3CCC(NC[C@H](O)COc4ccc5[nH]c(C)c(C(=O)O)c5c4)CC3)cc2)cc1OC. The molecule has 45 heavy (non-hydrogen) atoms. The van der Waals surface area contributed by atoms with E-state index in [9.17, 15) is 23.4 Å². The van der Waals surface area contributed by atoms with Gasteiger partial charge >= 0.3 is 5.97 Å². The molecule has 0 unspecified atom stereocenters. The summed E-state index contributed by atoms with van der Waals surface area (Å²) < 4.78 is 44.6. The number of fused-ring (bicyclic) bond motifs is 1. The van der Waals surface area contributed by atoms with Crippen molar-refractivity contribution in [2.45, 2.75) is 36.8 Å². The molecular formula is C32H38N4O8S. The van der Waals surface area contributed by atoms with Gasteiger partial charge in [0.1, 0.15) is 18.5 Å². The topological polar surface area (TPSA) is 162 Å². The van der Waals surface area contributed by atoms with Crippen molar-refractivity contribution in [3.05, 3.63) is 71.9 Å². The predicted octanol–water partition coefficient (Wildman–Crippen LogP) is 3.99. The molecule has 0 bridgehead atoms. The molecule has 1 aliphatic heterocycles. The summed E-state index contributed by atoms with van der Waals surface area (Å²) in [6.07, 6.45) is 1.02. The summed E-state index contributed by atoms with van der Waals surface area (Å²) in [5, 5.41) is 24.0. The third-order valence-electron chi connectivity index (χ3n) is 7.90. The lowest BCUT2D eigenvalue weighted by atomic mass is 10.0. The van der Waals surface area contributed by atoms with Crippen LogP contribution in [0.2, 0.25) is 0 Å². The number of carbonyl (C=O) groups is 1. The Morgan fingerprint density at radius 1 is 1.02 bits per heavy atom. The Hall–Kier alpha value is -4.46. The Morgan fingerprint density at radius 3 is 2.40 bits per heavy atom. The molecule has 13 heteroatoms. The molecule has 1 aromatic heterocycles. The Bertz CT molecular complexity index is 1750. The summed E-state index contributed by atoms with van der Waals surface area (Å²) in [5.74, 6) is 0.268. The molecule has 0 spiro atoms. The molecule has 240 valence electrons. The van der Waals surface area contributed by atoms with Crippen molar-refractivity contribution in [1.29, 1.82) is 0 Å². The molecule has 0 saturated carbocycles. The maximum Gasteiger partial charge on any atom is 0.338 e. The van der Waals surface area contributed by atoms with Crippen molar-refractivity contribution in [1.82, 2.24) is 10.3 Å². The number of hydrogen-bond acceptors (Lipinski definition) is 9. The molecule has 1 atom stereocenters. The fraction of sp³-hybridized carbons (Fsp3) is 0.344. The summed E-state index contributed by atoms with van der Waals surface area (Å²) in [5.41, 5.74) is 2.97. The van der Waals surface area contributed by atoms with Crippen LogP contribution in [-0.4, -0.2) is 82.2 Å². The van der Waals surface area contributed by atoms with Gasteiger partial charge < -0.3 is 39.6 Å². The van der Waals surface area contributed by atoms with Gasteiger partial charge in [0, 0.05) is 59.7 Å². The number of nitrogens with zero attached hydrogens (tertiary/aromatic N) is 1. The van der Waals surface area contributed by atoms with E-state index in [1.807, 2.05) is 12.1 Å². The normalized spacial score (nSPS) is 14.7. The summed E-state index contributed by atoms with van der Waals surface area (Å²) in [6.45, 7) is 3.78. The number of carboxylic acids is 1. The number of nitrogens with one attached hydrogen (secondary N) is 3. The van der Waals surface area contributed by atoms with Crippen LogP contribution in [0, 0.1) is 6.92 Å². The second-order valence-electron chi connectivity index (χ2n) is 10.9. The number of aromatic amines is 1. The maximum absolute atomic E-state index is 12.9. The number of benzene rings is 3. The number of H-pyrrole nitrogens is 1. The molecule has 3 aromatic carbocycles. The third-order valence-corrected chi connectivity index (χ3v) is 9.28. The highest BCUT2D eigenvalue weighted by atomic mass is 32.2. The van der Waals surface area contributed by atoms with Crippen LogP contribution < -0.4 is 29.1 Å². The van der Waals surface area contributed by atoms with E-state index in [4.69, 9.17) is 14.2 Å². The molecule has 2 heterocycles. The number of sulfonamides is 1. The molecule has 1 aliphatic rings. The van der Waals surface area contributed by atoms with Crippen molar-refractivity contribution in [3.8, 4) is 17.2 Å². The van der Waals surface area contributed by atoms with Gasteiger partial charge in [0.2, 0.25) is 0 Å². The van der Waals surface area contributed by atoms with Crippen LogP contribution in [0.4, 0.5) is 11.4 Å². The molecule has 5 N–H and O–H groups in total. The number of carboxylic acid groups (broad SMARTS) is 1. The highest BCUT2D eigenvalue weighted by molar-refractivity contribution is 7.92. The lowest BCUT2D eigenvalue weighted by Crippen LogP contribution is -2.45. The minimum Gasteiger partial charge on any atom is -0.493 e. The van der Waals surface area contributed by atoms with E-state index < -0.39 is 22.1 Å². The van der Waals surface area contributed by atoms with E-state index in [1.165, 1.54) is 26.4 Å². The zero-order valence-electron chi connectivity index (χ0n) is 25.4. The van der Waals surface area contributed by atoms with Gasteiger partial charge in [-0.3, -0.25) is 4.72 Å². The number of anilines is 2. The largest absolute Gasteiger partial charge is 0.493 e. The number of aryl methyl sites for hydroxylation is 1.